The molecule has 6 aromatic carbocycles. The average Bonchev–Trinajstić information content (AvgIpc) is 3.37. The first-order valence-electron chi connectivity index (χ1n) is 16.1. The quantitative estimate of drug-likeness (QED) is 0.187. The predicted molar refractivity (Wildman–Crippen MR) is 193 cm³/mol. The van der Waals surface area contributed by atoms with Crippen molar-refractivity contribution in [2.24, 2.45) is 0 Å². The van der Waals surface area contributed by atoms with E-state index in [1.165, 1.54) is 88.8 Å². The minimum Gasteiger partial charge on any atom is -0.312 e. The van der Waals surface area contributed by atoms with Crippen LogP contribution < -0.4 is 21.3 Å². The van der Waals surface area contributed by atoms with Gasteiger partial charge >= 0.3 is 0 Å². The van der Waals surface area contributed by atoms with Crippen LogP contribution in [0.1, 0.15) is 41.7 Å². The fraction of sp³-hybridized carbons (Fsp3) is 0.143. The van der Waals surface area contributed by atoms with Gasteiger partial charge in [-0.3, -0.25) is 0 Å². The van der Waals surface area contributed by atoms with Crippen LogP contribution in [0.15, 0.2) is 121 Å². The van der Waals surface area contributed by atoms with Crippen LogP contribution in [0.5, 0.6) is 0 Å². The highest BCUT2D eigenvalue weighted by molar-refractivity contribution is 6.99. The smallest absolute Gasteiger partial charge is 0.247 e. The highest BCUT2D eigenvalue weighted by Gasteiger charge is 2.47. The number of para-hydroxylation sites is 2. The van der Waals surface area contributed by atoms with Gasteiger partial charge in [-0.1, -0.05) is 103 Å². The minimum absolute atomic E-state index is 0.151. The van der Waals surface area contributed by atoms with E-state index in [1.807, 2.05) is 0 Å². The van der Waals surface area contributed by atoms with E-state index in [4.69, 9.17) is 0 Å². The third-order valence-corrected chi connectivity index (χ3v) is 10.5. The van der Waals surface area contributed by atoms with Crippen LogP contribution >= 0.6 is 0 Å². The molecule has 9 rings (SSSR count). The Kier molecular flexibility index (Phi) is 5.42. The lowest BCUT2D eigenvalue weighted by atomic mass is 9.30. The first-order chi connectivity index (χ1) is 21.8. The van der Waals surface area contributed by atoms with Crippen LogP contribution in [0, 0.1) is 20.8 Å². The summed E-state index contributed by atoms with van der Waals surface area (Å²) in [5, 5.41) is 2.62. The van der Waals surface area contributed by atoms with E-state index in [2.05, 4.69) is 165 Å². The van der Waals surface area contributed by atoms with E-state index in [9.17, 15) is 0 Å². The standard InChI is InChI=1S/C42H35BN2/c1-26-15-19-30(20-16-26)45-37-21-17-27(2)23-35(37)43-34-24-32-31-13-9-10-14-36(31)44(29-11-7-6-8-12-29)39(32)25-33(34)42(4,5)40-28(3)18-22-38(45)41(40)43/h6-25H,1-5H3. The van der Waals surface area contributed by atoms with E-state index in [1.54, 1.807) is 0 Å². The van der Waals surface area contributed by atoms with Gasteiger partial charge in [0.2, 0.25) is 6.71 Å². The summed E-state index contributed by atoms with van der Waals surface area (Å²) in [5.41, 5.74) is 18.4. The molecule has 0 saturated carbocycles. The maximum Gasteiger partial charge on any atom is 0.247 e. The summed E-state index contributed by atoms with van der Waals surface area (Å²) in [6, 6.07) is 45.6. The summed E-state index contributed by atoms with van der Waals surface area (Å²) < 4.78 is 2.46. The van der Waals surface area contributed by atoms with Crippen molar-refractivity contribution in [1.82, 2.24) is 4.57 Å². The Morgan fingerprint density at radius 1 is 0.556 bits per heavy atom. The molecule has 0 fully saturated rings. The Morgan fingerprint density at radius 2 is 1.27 bits per heavy atom. The van der Waals surface area contributed by atoms with Gasteiger partial charge in [0.05, 0.1) is 11.0 Å². The van der Waals surface area contributed by atoms with Crippen molar-refractivity contribution in [3.63, 3.8) is 0 Å². The van der Waals surface area contributed by atoms with Crippen molar-refractivity contribution in [2.45, 2.75) is 40.0 Å². The molecule has 0 atom stereocenters. The molecule has 0 spiro atoms. The summed E-state index contributed by atoms with van der Waals surface area (Å²) in [6.45, 7) is 11.7. The number of rotatable bonds is 2. The summed E-state index contributed by atoms with van der Waals surface area (Å²) >= 11 is 0. The lowest BCUT2D eigenvalue weighted by Gasteiger charge is -2.46. The van der Waals surface area contributed by atoms with Crippen molar-refractivity contribution in [3.8, 4) is 5.69 Å². The number of aryl methyl sites for hydroxylation is 3. The third-order valence-electron chi connectivity index (χ3n) is 10.5. The number of aromatic nitrogens is 1. The van der Waals surface area contributed by atoms with Gasteiger partial charge < -0.3 is 9.47 Å². The molecule has 3 heteroatoms. The molecule has 7 aromatic rings. The van der Waals surface area contributed by atoms with Gasteiger partial charge in [0.1, 0.15) is 0 Å². The average molecular weight is 579 g/mol. The molecule has 0 unspecified atom stereocenters. The second kappa shape index (κ2) is 9.25. The van der Waals surface area contributed by atoms with Gasteiger partial charge in [-0.05, 0) is 96.9 Å². The summed E-state index contributed by atoms with van der Waals surface area (Å²) in [5.74, 6) is 0. The van der Waals surface area contributed by atoms with Gasteiger partial charge in [0.25, 0.3) is 0 Å². The SMILES string of the molecule is Cc1ccc(N2c3ccc(C)cc3B3c4cc5c6ccccc6n(-c6ccccc6)c5cc4C(C)(C)c4c(C)ccc2c43)cc1. The first kappa shape index (κ1) is 26.4. The van der Waals surface area contributed by atoms with Crippen molar-refractivity contribution >= 4 is 62.0 Å². The number of fused-ring (bicyclic) bond motifs is 7. The number of hydrogen-bond acceptors (Lipinski definition) is 1. The lowest BCUT2D eigenvalue weighted by molar-refractivity contribution is 0.642. The number of hydrogen-bond donors (Lipinski definition) is 0. The number of nitrogens with zero attached hydrogens (tertiary/aromatic N) is 2. The summed E-state index contributed by atoms with van der Waals surface area (Å²) in [7, 11) is 0. The largest absolute Gasteiger partial charge is 0.312 e. The Balaban J connectivity index is 1.41. The van der Waals surface area contributed by atoms with Crippen LogP contribution in [0.3, 0.4) is 0 Å². The fourth-order valence-electron chi connectivity index (χ4n) is 8.53. The molecule has 2 nitrogen and oxygen atoms in total. The zero-order valence-electron chi connectivity index (χ0n) is 26.5. The van der Waals surface area contributed by atoms with Crippen LogP contribution in [-0.4, -0.2) is 11.3 Å². The van der Waals surface area contributed by atoms with Gasteiger partial charge in [-0.15, -0.1) is 0 Å². The molecule has 3 heterocycles. The van der Waals surface area contributed by atoms with Gasteiger partial charge in [-0.25, -0.2) is 0 Å². The van der Waals surface area contributed by atoms with Crippen molar-refractivity contribution in [3.05, 3.63) is 149 Å². The molecule has 0 radical (unpaired) electrons. The molecule has 0 N–H and O–H groups in total. The molecule has 0 bridgehead atoms. The zero-order chi connectivity index (χ0) is 30.6. The highest BCUT2D eigenvalue weighted by Crippen LogP contribution is 2.45. The highest BCUT2D eigenvalue weighted by atomic mass is 15.2. The Bertz CT molecular complexity index is 2330. The molecule has 0 aliphatic carbocycles. The van der Waals surface area contributed by atoms with Crippen LogP contribution in [-0.2, 0) is 5.41 Å². The van der Waals surface area contributed by atoms with Crippen LogP contribution in [0.4, 0.5) is 17.1 Å². The molecule has 2 aliphatic heterocycles. The van der Waals surface area contributed by atoms with Crippen LogP contribution in [0.2, 0.25) is 0 Å². The van der Waals surface area contributed by atoms with E-state index < -0.39 is 0 Å². The minimum atomic E-state index is -0.187. The van der Waals surface area contributed by atoms with Gasteiger partial charge in [-0.2, -0.15) is 0 Å². The van der Waals surface area contributed by atoms with Crippen molar-refractivity contribution < 1.29 is 0 Å². The second-order valence-corrected chi connectivity index (χ2v) is 13.6. The van der Waals surface area contributed by atoms with E-state index >= 15 is 0 Å². The number of benzene rings is 6. The van der Waals surface area contributed by atoms with Crippen molar-refractivity contribution in [1.29, 1.82) is 0 Å². The monoisotopic (exact) mass is 578 g/mol. The lowest BCUT2D eigenvalue weighted by Crippen LogP contribution is -2.64. The van der Waals surface area contributed by atoms with Gasteiger partial charge in [0, 0.05) is 38.9 Å². The molecular weight excluding hydrogens is 543 g/mol. The maximum atomic E-state index is 2.54. The number of anilines is 3. The van der Waals surface area contributed by atoms with E-state index in [-0.39, 0.29) is 12.1 Å². The predicted octanol–water partition coefficient (Wildman–Crippen LogP) is 8.65. The Hall–Kier alpha value is -5.02. The van der Waals surface area contributed by atoms with Gasteiger partial charge in [0.15, 0.2) is 0 Å². The molecule has 0 amide bonds. The van der Waals surface area contributed by atoms with E-state index in [0.717, 1.165) is 0 Å². The molecule has 2 aliphatic rings. The third kappa shape index (κ3) is 3.58. The second-order valence-electron chi connectivity index (χ2n) is 13.6. The van der Waals surface area contributed by atoms with Crippen LogP contribution in [0.25, 0.3) is 27.5 Å². The summed E-state index contributed by atoms with van der Waals surface area (Å²) in [4.78, 5) is 2.50. The zero-order valence-corrected chi connectivity index (χ0v) is 26.5. The Morgan fingerprint density at radius 3 is 2.07 bits per heavy atom. The molecular formula is C42H35BN2. The normalized spacial score (nSPS) is 14.4. The first-order valence-corrected chi connectivity index (χ1v) is 16.1. The van der Waals surface area contributed by atoms with Crippen molar-refractivity contribution in [2.75, 3.05) is 4.90 Å². The van der Waals surface area contributed by atoms with E-state index in [0.29, 0.717) is 0 Å². The summed E-state index contributed by atoms with van der Waals surface area (Å²) in [6.07, 6.45) is 0. The Labute approximate surface area is 265 Å². The topological polar surface area (TPSA) is 8.17 Å². The molecule has 45 heavy (non-hydrogen) atoms. The molecule has 1 aromatic heterocycles. The maximum absolute atomic E-state index is 2.54. The molecule has 216 valence electrons. The fourth-order valence-corrected chi connectivity index (χ4v) is 8.53. The molecule has 0 saturated heterocycles.